The molecule has 0 fully saturated rings. The number of carboxylic acids is 1. The molecule has 0 radical (unpaired) electrons. The molecule has 1 heterocycles. The van der Waals surface area contributed by atoms with Gasteiger partial charge in [0.25, 0.3) is 11.2 Å². The van der Waals surface area contributed by atoms with Crippen LogP contribution in [0.5, 0.6) is 0 Å². The van der Waals surface area contributed by atoms with E-state index in [0.717, 1.165) is 5.56 Å². The number of hydrogen-bond acceptors (Lipinski definition) is 5. The molecule has 2 amide bonds. The van der Waals surface area contributed by atoms with Crippen LogP contribution in [0.3, 0.4) is 0 Å². The molecule has 0 aliphatic carbocycles. The topological polar surface area (TPSA) is 144 Å². The Morgan fingerprint density at radius 3 is 2.36 bits per heavy atom. The third-order valence-electron chi connectivity index (χ3n) is 4.93. The number of aliphatic carboxylic acids is 1. The molecule has 2 aromatic carbocycles. The van der Waals surface area contributed by atoms with Gasteiger partial charge >= 0.3 is 12.0 Å². The van der Waals surface area contributed by atoms with Gasteiger partial charge in [0, 0.05) is 18.3 Å². The van der Waals surface area contributed by atoms with Gasteiger partial charge in [0.05, 0.1) is 23.9 Å². The fourth-order valence-electron chi connectivity index (χ4n) is 3.22. The first kappa shape index (κ1) is 23.2. The number of anilines is 1. The Kier molecular flexibility index (Phi) is 7.19. The molecule has 1 aromatic heterocycles. The van der Waals surface area contributed by atoms with Gasteiger partial charge in [-0.05, 0) is 30.2 Å². The Hall–Kier alpha value is -4.47. The molecule has 0 aliphatic heterocycles. The van der Waals surface area contributed by atoms with E-state index in [1.165, 1.54) is 29.0 Å². The molecule has 0 aliphatic rings. The van der Waals surface area contributed by atoms with Gasteiger partial charge in [-0.25, -0.2) is 4.79 Å². The van der Waals surface area contributed by atoms with Gasteiger partial charge in [-0.15, -0.1) is 0 Å². The summed E-state index contributed by atoms with van der Waals surface area (Å²) in [6.07, 6.45) is 1.21. The molecule has 10 nitrogen and oxygen atoms in total. The van der Waals surface area contributed by atoms with Crippen molar-refractivity contribution in [3.05, 3.63) is 104 Å². The molecule has 33 heavy (non-hydrogen) atoms. The highest BCUT2D eigenvalue weighted by atomic mass is 16.6. The second-order valence-corrected chi connectivity index (χ2v) is 7.44. The third kappa shape index (κ3) is 6.26. The Balaban J connectivity index is 1.73. The first-order chi connectivity index (χ1) is 15.7. The molecule has 0 unspecified atom stereocenters. The second kappa shape index (κ2) is 10.2. The minimum atomic E-state index is -1.08. The summed E-state index contributed by atoms with van der Waals surface area (Å²) >= 11 is 0. The third-order valence-corrected chi connectivity index (χ3v) is 4.93. The van der Waals surface area contributed by atoms with E-state index in [1.807, 2.05) is 19.1 Å². The zero-order chi connectivity index (χ0) is 24.0. The maximum atomic E-state index is 12.8. The quantitative estimate of drug-likeness (QED) is 0.354. The minimum Gasteiger partial charge on any atom is -0.481 e. The Labute approximate surface area is 188 Å². The van der Waals surface area contributed by atoms with Crippen LogP contribution in [0.1, 0.15) is 29.2 Å². The average Bonchev–Trinajstić information content (AvgIpc) is 2.76. The lowest BCUT2D eigenvalue weighted by atomic mass is 10.0. The summed E-state index contributed by atoms with van der Waals surface area (Å²) in [5, 5.41) is 25.1. The number of nitro benzene ring substituents is 1. The number of carbonyl (C=O) groups excluding carboxylic acids is 1. The van der Waals surface area contributed by atoms with Crippen LogP contribution in [-0.4, -0.2) is 26.6 Å². The highest BCUT2D eigenvalue weighted by Gasteiger charge is 2.19. The fourth-order valence-corrected chi connectivity index (χ4v) is 3.22. The van der Waals surface area contributed by atoms with Crippen LogP contribution < -0.4 is 16.2 Å². The molecule has 3 N–H and O–H groups in total. The number of nitrogens with zero attached hydrogens (tertiary/aromatic N) is 2. The minimum absolute atomic E-state index is 0.00916. The number of pyridine rings is 1. The summed E-state index contributed by atoms with van der Waals surface area (Å²) in [5.41, 5.74) is 1.77. The van der Waals surface area contributed by atoms with Crippen molar-refractivity contribution < 1.29 is 19.6 Å². The average molecular weight is 450 g/mol. The van der Waals surface area contributed by atoms with Gasteiger partial charge in [-0.1, -0.05) is 42.0 Å². The zero-order valence-electron chi connectivity index (χ0n) is 17.7. The van der Waals surface area contributed by atoms with E-state index in [2.05, 4.69) is 10.6 Å². The molecule has 170 valence electrons. The summed E-state index contributed by atoms with van der Waals surface area (Å²) in [4.78, 5) is 46.8. The number of nitrogens with one attached hydrogen (secondary N) is 2. The molecule has 3 aromatic rings. The van der Waals surface area contributed by atoms with Crippen molar-refractivity contribution in [2.75, 3.05) is 5.32 Å². The lowest BCUT2D eigenvalue weighted by molar-refractivity contribution is -0.384. The Morgan fingerprint density at radius 1 is 1.09 bits per heavy atom. The van der Waals surface area contributed by atoms with Gasteiger partial charge in [0.2, 0.25) is 0 Å². The molecule has 0 saturated heterocycles. The highest BCUT2D eigenvalue weighted by molar-refractivity contribution is 5.89. The van der Waals surface area contributed by atoms with Gasteiger partial charge < -0.3 is 20.3 Å². The van der Waals surface area contributed by atoms with Crippen molar-refractivity contribution in [2.24, 2.45) is 0 Å². The number of carboxylic acid groups (broad SMARTS) is 1. The van der Waals surface area contributed by atoms with E-state index < -0.39 is 28.5 Å². The van der Waals surface area contributed by atoms with E-state index in [4.69, 9.17) is 0 Å². The van der Waals surface area contributed by atoms with Crippen LogP contribution in [0.4, 0.5) is 16.2 Å². The highest BCUT2D eigenvalue weighted by Crippen LogP contribution is 2.18. The normalized spacial score (nSPS) is 11.4. The van der Waals surface area contributed by atoms with Crippen molar-refractivity contribution >= 4 is 23.4 Å². The molecule has 1 atom stereocenters. The summed E-state index contributed by atoms with van der Waals surface area (Å²) in [6, 6.07) is 14.4. The number of benzene rings is 2. The number of non-ortho nitro benzene ring substituents is 1. The van der Waals surface area contributed by atoms with Crippen LogP contribution >= 0.6 is 0 Å². The number of carbonyl (C=O) groups is 2. The van der Waals surface area contributed by atoms with Crippen LogP contribution in [-0.2, 0) is 11.3 Å². The van der Waals surface area contributed by atoms with E-state index in [1.54, 1.807) is 30.3 Å². The number of aromatic nitrogens is 1. The number of amides is 2. The predicted molar refractivity (Wildman–Crippen MR) is 121 cm³/mol. The van der Waals surface area contributed by atoms with Crippen molar-refractivity contribution in [1.29, 1.82) is 0 Å². The zero-order valence-corrected chi connectivity index (χ0v) is 17.7. The van der Waals surface area contributed by atoms with Gasteiger partial charge in [0.15, 0.2) is 0 Å². The largest absolute Gasteiger partial charge is 0.481 e. The number of nitro groups is 1. The Morgan fingerprint density at radius 2 is 1.76 bits per heavy atom. The standard InChI is InChI=1S/C23H22N4O6/c1-15-4-8-17(9-5-15)20(13-21(28)29)25-23(31)24-19-3-2-12-26(22(19)30)14-16-6-10-18(11-7-16)27(32)33/h2-12,20H,13-14H2,1H3,(H,28,29)(H2,24,25,31)/t20-/m0/s1. The van der Waals surface area contributed by atoms with Crippen LogP contribution in [0.2, 0.25) is 0 Å². The lowest BCUT2D eigenvalue weighted by Gasteiger charge is -2.18. The van der Waals surface area contributed by atoms with Crippen molar-refractivity contribution in [3.63, 3.8) is 0 Å². The van der Waals surface area contributed by atoms with Gasteiger partial charge in [0.1, 0.15) is 5.69 Å². The lowest BCUT2D eigenvalue weighted by Crippen LogP contribution is -2.36. The molecular formula is C23H22N4O6. The Bertz CT molecular complexity index is 1220. The smallest absolute Gasteiger partial charge is 0.319 e. The number of urea groups is 1. The van der Waals surface area contributed by atoms with Crippen molar-refractivity contribution in [3.8, 4) is 0 Å². The van der Waals surface area contributed by atoms with Crippen LogP contribution in [0.25, 0.3) is 0 Å². The monoisotopic (exact) mass is 450 g/mol. The first-order valence-corrected chi connectivity index (χ1v) is 10.0. The maximum absolute atomic E-state index is 12.8. The molecule has 3 rings (SSSR count). The summed E-state index contributed by atoms with van der Waals surface area (Å²) < 4.78 is 1.35. The molecular weight excluding hydrogens is 428 g/mol. The number of hydrogen-bond donors (Lipinski definition) is 3. The number of aryl methyl sites for hydroxylation is 1. The van der Waals surface area contributed by atoms with Crippen molar-refractivity contribution in [2.45, 2.75) is 25.9 Å². The first-order valence-electron chi connectivity index (χ1n) is 10.0. The fraction of sp³-hybridized carbons (Fsp3) is 0.174. The SMILES string of the molecule is Cc1ccc([C@H](CC(=O)O)NC(=O)Nc2cccn(Cc3ccc([N+](=O)[O-])cc3)c2=O)cc1. The van der Waals surface area contributed by atoms with E-state index in [-0.39, 0.29) is 24.3 Å². The van der Waals surface area contributed by atoms with Gasteiger partial charge in [-0.3, -0.25) is 19.7 Å². The van der Waals surface area contributed by atoms with Crippen molar-refractivity contribution in [1.82, 2.24) is 9.88 Å². The van der Waals surface area contributed by atoms with E-state index in [0.29, 0.717) is 11.1 Å². The second-order valence-electron chi connectivity index (χ2n) is 7.44. The summed E-state index contributed by atoms with van der Waals surface area (Å²) in [5.74, 6) is -1.08. The van der Waals surface area contributed by atoms with E-state index >= 15 is 0 Å². The molecule has 0 spiro atoms. The maximum Gasteiger partial charge on any atom is 0.319 e. The number of rotatable bonds is 8. The van der Waals surface area contributed by atoms with Crippen LogP contribution in [0, 0.1) is 17.0 Å². The molecule has 10 heteroatoms. The van der Waals surface area contributed by atoms with Crippen LogP contribution in [0.15, 0.2) is 71.7 Å². The molecule has 0 saturated carbocycles. The predicted octanol–water partition coefficient (Wildman–Crippen LogP) is 3.45. The summed E-state index contributed by atoms with van der Waals surface area (Å²) in [6.45, 7) is 2.05. The van der Waals surface area contributed by atoms with E-state index in [9.17, 15) is 29.6 Å². The summed E-state index contributed by atoms with van der Waals surface area (Å²) in [7, 11) is 0. The molecule has 0 bridgehead atoms. The van der Waals surface area contributed by atoms with Gasteiger partial charge in [-0.2, -0.15) is 0 Å².